The summed E-state index contributed by atoms with van der Waals surface area (Å²) in [4.78, 5) is 21.2. The Balaban J connectivity index is 1.34. The van der Waals surface area contributed by atoms with Crippen LogP contribution in [0.1, 0.15) is 17.8 Å². The Morgan fingerprint density at radius 1 is 1.33 bits per heavy atom. The fraction of sp³-hybridized carbons (Fsp3) is 0.278. The highest BCUT2D eigenvalue weighted by molar-refractivity contribution is 7.08. The first-order chi connectivity index (χ1) is 11.8. The molecule has 1 N–H and O–H groups in total. The summed E-state index contributed by atoms with van der Waals surface area (Å²) in [7, 11) is 0. The number of fused-ring (bicyclic) bond motifs is 1. The van der Waals surface area contributed by atoms with Gasteiger partial charge < -0.3 is 9.88 Å². The van der Waals surface area contributed by atoms with E-state index in [0.717, 1.165) is 42.0 Å². The number of nitrogens with one attached hydrogen (secondary N) is 1. The van der Waals surface area contributed by atoms with Gasteiger partial charge in [0.05, 0.1) is 11.6 Å². The smallest absolute Gasteiger partial charge is 0.225 e. The van der Waals surface area contributed by atoms with Crippen LogP contribution in [0.25, 0.3) is 11.3 Å². The highest BCUT2D eigenvalue weighted by Gasteiger charge is 2.24. The molecule has 0 fully saturated rings. The number of carbonyl (C=O) groups is 1. The molecule has 0 saturated heterocycles. The second-order valence-corrected chi connectivity index (χ2v) is 6.79. The number of hydrogen-bond acceptors (Lipinski definition) is 4. The summed E-state index contributed by atoms with van der Waals surface area (Å²) in [5, 5.41) is 7.16. The monoisotopic (exact) mass is 338 g/mol. The molecule has 3 aromatic heterocycles. The SMILES string of the molecule is O=C(NCc1ccc(-c2ccsc2)nc1)C1CCc2nccn2C1. The second kappa shape index (κ2) is 6.57. The van der Waals surface area contributed by atoms with Gasteiger partial charge in [0.25, 0.3) is 0 Å². The van der Waals surface area contributed by atoms with E-state index < -0.39 is 0 Å². The van der Waals surface area contributed by atoms with Gasteiger partial charge in [-0.05, 0) is 29.5 Å². The zero-order chi connectivity index (χ0) is 16.4. The Bertz CT molecular complexity index is 823. The van der Waals surface area contributed by atoms with Crippen molar-refractivity contribution in [2.45, 2.75) is 25.9 Å². The average Bonchev–Trinajstić information content (AvgIpc) is 3.30. The molecule has 0 aromatic carbocycles. The minimum atomic E-state index is 0.0183. The first-order valence-electron chi connectivity index (χ1n) is 8.05. The highest BCUT2D eigenvalue weighted by atomic mass is 32.1. The van der Waals surface area contributed by atoms with Crippen LogP contribution in [-0.4, -0.2) is 20.4 Å². The number of aryl methyl sites for hydroxylation is 1. The van der Waals surface area contributed by atoms with Gasteiger partial charge in [-0.2, -0.15) is 11.3 Å². The molecule has 122 valence electrons. The van der Waals surface area contributed by atoms with Gasteiger partial charge in [0.2, 0.25) is 5.91 Å². The Hall–Kier alpha value is -2.47. The van der Waals surface area contributed by atoms with Crippen LogP contribution >= 0.6 is 11.3 Å². The minimum absolute atomic E-state index is 0.0183. The quantitative estimate of drug-likeness (QED) is 0.796. The van der Waals surface area contributed by atoms with Gasteiger partial charge in [0, 0.05) is 49.0 Å². The van der Waals surface area contributed by atoms with Crippen LogP contribution in [0.15, 0.2) is 47.5 Å². The number of thiophene rings is 1. The van der Waals surface area contributed by atoms with Crippen LogP contribution in [-0.2, 0) is 24.3 Å². The second-order valence-electron chi connectivity index (χ2n) is 6.01. The number of rotatable bonds is 4. The Morgan fingerprint density at radius 3 is 3.08 bits per heavy atom. The molecule has 5 nitrogen and oxygen atoms in total. The van der Waals surface area contributed by atoms with Gasteiger partial charge in [-0.3, -0.25) is 9.78 Å². The third-order valence-corrected chi connectivity index (χ3v) is 5.10. The fourth-order valence-corrected chi connectivity index (χ4v) is 3.67. The van der Waals surface area contributed by atoms with Crippen LogP contribution in [0, 0.1) is 5.92 Å². The van der Waals surface area contributed by atoms with Gasteiger partial charge in [0.15, 0.2) is 0 Å². The van der Waals surface area contributed by atoms with E-state index >= 15 is 0 Å². The van der Waals surface area contributed by atoms with Gasteiger partial charge in [-0.15, -0.1) is 0 Å². The number of carbonyl (C=O) groups excluding carboxylic acids is 1. The van der Waals surface area contributed by atoms with E-state index in [0.29, 0.717) is 6.54 Å². The largest absolute Gasteiger partial charge is 0.352 e. The summed E-state index contributed by atoms with van der Waals surface area (Å²) in [6.07, 6.45) is 7.31. The molecule has 4 heterocycles. The lowest BCUT2D eigenvalue weighted by Gasteiger charge is -2.23. The molecule has 0 bridgehead atoms. The van der Waals surface area contributed by atoms with E-state index in [9.17, 15) is 4.79 Å². The number of amides is 1. The lowest BCUT2D eigenvalue weighted by molar-refractivity contribution is -0.126. The molecule has 0 radical (unpaired) electrons. The number of hydrogen-bond donors (Lipinski definition) is 1. The van der Waals surface area contributed by atoms with Gasteiger partial charge in [0.1, 0.15) is 5.82 Å². The van der Waals surface area contributed by atoms with Crippen LogP contribution in [0.4, 0.5) is 0 Å². The predicted octanol–water partition coefficient (Wildman–Crippen LogP) is 2.89. The maximum atomic E-state index is 12.4. The standard InChI is InChI=1S/C18H18N4OS/c23-18(14-2-4-17-19-6-7-22(17)11-14)21-10-13-1-3-16(20-9-13)15-5-8-24-12-15/h1,3,5-9,12,14H,2,4,10-11H2,(H,21,23). The molecular formula is C18H18N4OS. The molecule has 3 aromatic rings. The van der Waals surface area contributed by atoms with E-state index in [2.05, 4.69) is 31.3 Å². The lowest BCUT2D eigenvalue weighted by atomic mass is 9.98. The molecule has 6 heteroatoms. The van der Waals surface area contributed by atoms with Crippen molar-refractivity contribution in [1.29, 1.82) is 0 Å². The molecular weight excluding hydrogens is 320 g/mol. The lowest BCUT2D eigenvalue weighted by Crippen LogP contribution is -2.35. The maximum absolute atomic E-state index is 12.4. The van der Waals surface area contributed by atoms with Crippen molar-refractivity contribution in [3.8, 4) is 11.3 Å². The molecule has 24 heavy (non-hydrogen) atoms. The molecule has 1 aliphatic heterocycles. The van der Waals surface area contributed by atoms with Crippen LogP contribution in [0.5, 0.6) is 0 Å². The summed E-state index contributed by atoms with van der Waals surface area (Å²) in [6, 6.07) is 6.08. The molecule has 1 unspecified atom stereocenters. The van der Waals surface area contributed by atoms with Crippen molar-refractivity contribution in [1.82, 2.24) is 19.9 Å². The third-order valence-electron chi connectivity index (χ3n) is 4.41. The van der Waals surface area contributed by atoms with E-state index in [4.69, 9.17) is 0 Å². The molecule has 1 aliphatic rings. The summed E-state index contributed by atoms with van der Waals surface area (Å²) in [5.74, 6) is 1.20. The molecule has 0 aliphatic carbocycles. The Morgan fingerprint density at radius 2 is 2.29 bits per heavy atom. The highest BCUT2D eigenvalue weighted by Crippen LogP contribution is 2.20. The van der Waals surface area contributed by atoms with Gasteiger partial charge >= 0.3 is 0 Å². The van der Waals surface area contributed by atoms with E-state index in [1.165, 1.54) is 0 Å². The number of nitrogens with zero attached hydrogens (tertiary/aromatic N) is 3. The number of imidazole rings is 1. The van der Waals surface area contributed by atoms with Crippen molar-refractivity contribution in [2.24, 2.45) is 5.92 Å². The summed E-state index contributed by atoms with van der Waals surface area (Å²) >= 11 is 1.66. The van der Waals surface area contributed by atoms with Crippen molar-refractivity contribution in [3.63, 3.8) is 0 Å². The molecule has 1 amide bonds. The summed E-state index contributed by atoms with van der Waals surface area (Å²) in [6.45, 7) is 1.24. The normalized spacial score (nSPS) is 16.6. The zero-order valence-corrected chi connectivity index (χ0v) is 14.0. The minimum Gasteiger partial charge on any atom is -0.352 e. The Labute approximate surface area is 144 Å². The van der Waals surface area contributed by atoms with Crippen molar-refractivity contribution in [3.05, 3.63) is 58.9 Å². The summed E-state index contributed by atoms with van der Waals surface area (Å²) in [5.41, 5.74) is 3.11. The zero-order valence-electron chi connectivity index (χ0n) is 13.2. The summed E-state index contributed by atoms with van der Waals surface area (Å²) < 4.78 is 2.07. The number of aromatic nitrogens is 3. The molecule has 0 spiro atoms. The van der Waals surface area contributed by atoms with E-state index in [1.54, 1.807) is 17.5 Å². The number of pyridine rings is 1. The molecule has 0 saturated carbocycles. The molecule has 1 atom stereocenters. The first kappa shape index (κ1) is 15.1. The van der Waals surface area contributed by atoms with Crippen molar-refractivity contribution < 1.29 is 4.79 Å². The topological polar surface area (TPSA) is 59.8 Å². The van der Waals surface area contributed by atoms with Crippen molar-refractivity contribution >= 4 is 17.2 Å². The van der Waals surface area contributed by atoms with E-state index in [-0.39, 0.29) is 11.8 Å². The van der Waals surface area contributed by atoms with Gasteiger partial charge in [-0.25, -0.2) is 4.98 Å². The van der Waals surface area contributed by atoms with Crippen LogP contribution in [0.3, 0.4) is 0 Å². The molecule has 4 rings (SSSR count). The van der Waals surface area contributed by atoms with E-state index in [1.807, 2.05) is 29.9 Å². The Kier molecular flexibility index (Phi) is 4.13. The third kappa shape index (κ3) is 3.10. The average molecular weight is 338 g/mol. The van der Waals surface area contributed by atoms with Gasteiger partial charge in [-0.1, -0.05) is 6.07 Å². The van der Waals surface area contributed by atoms with Crippen molar-refractivity contribution in [2.75, 3.05) is 0 Å². The maximum Gasteiger partial charge on any atom is 0.225 e. The first-order valence-corrected chi connectivity index (χ1v) is 8.99. The predicted molar refractivity (Wildman–Crippen MR) is 93.4 cm³/mol. The van der Waals surface area contributed by atoms with Crippen LogP contribution in [0.2, 0.25) is 0 Å². The van der Waals surface area contributed by atoms with Crippen LogP contribution < -0.4 is 5.32 Å². The fourth-order valence-electron chi connectivity index (χ4n) is 3.02.